The Labute approximate surface area is 168 Å². The Morgan fingerprint density at radius 3 is 2.71 bits per heavy atom. The first kappa shape index (κ1) is 20.3. The molecule has 0 unspecified atom stereocenters. The van der Waals surface area contributed by atoms with Gasteiger partial charge in [0, 0.05) is 37.1 Å². The van der Waals surface area contributed by atoms with Gasteiger partial charge in [-0.25, -0.2) is 9.50 Å². The van der Waals surface area contributed by atoms with Crippen molar-refractivity contribution in [2.24, 2.45) is 0 Å². The fraction of sp³-hybridized carbons (Fsp3) is 0.350. The molecule has 3 rings (SSSR count). The Bertz CT molecular complexity index is 999. The van der Waals surface area contributed by atoms with E-state index in [-0.39, 0.29) is 12.5 Å². The summed E-state index contributed by atoms with van der Waals surface area (Å²) in [5, 5.41) is 7.85. The third-order valence-electron chi connectivity index (χ3n) is 4.68. The monoisotopic (exact) mass is 402 g/mol. The zero-order chi connectivity index (χ0) is 20.3. The van der Waals surface area contributed by atoms with Crippen LogP contribution < -0.4 is 5.32 Å². The molecule has 0 aliphatic rings. The van der Waals surface area contributed by atoms with Crippen LogP contribution in [-0.2, 0) is 15.9 Å². The second-order valence-corrected chi connectivity index (χ2v) is 6.91. The molecule has 2 aromatic heterocycles. The highest BCUT2D eigenvalue weighted by molar-refractivity contribution is 6.30. The van der Waals surface area contributed by atoms with Crippen molar-refractivity contribution >= 4 is 23.2 Å². The van der Waals surface area contributed by atoms with Crippen LogP contribution in [0, 0.1) is 13.8 Å². The first-order valence-corrected chi connectivity index (χ1v) is 9.24. The molecule has 0 atom stereocenters. The lowest BCUT2D eigenvalue weighted by molar-refractivity contribution is -0.0974. The van der Waals surface area contributed by atoms with E-state index in [4.69, 9.17) is 21.1 Å². The zero-order valence-corrected chi connectivity index (χ0v) is 17.1. The van der Waals surface area contributed by atoms with Crippen LogP contribution in [0.4, 0.5) is 0 Å². The summed E-state index contributed by atoms with van der Waals surface area (Å²) in [6, 6.07) is 7.74. The van der Waals surface area contributed by atoms with Gasteiger partial charge in [0.2, 0.25) is 0 Å². The van der Waals surface area contributed by atoms with Crippen molar-refractivity contribution in [3.63, 3.8) is 0 Å². The lowest BCUT2D eigenvalue weighted by Crippen LogP contribution is -2.34. The number of carbonyl (C=O) groups excluding carboxylic acids is 1. The number of halogens is 1. The lowest BCUT2D eigenvalue weighted by Gasteiger charge is -2.14. The van der Waals surface area contributed by atoms with Gasteiger partial charge in [0.1, 0.15) is 5.56 Å². The van der Waals surface area contributed by atoms with Crippen LogP contribution in [0.1, 0.15) is 32.9 Å². The lowest BCUT2D eigenvalue weighted by atomic mass is 10.0. The number of nitrogens with zero attached hydrogens (tertiary/aromatic N) is 3. The van der Waals surface area contributed by atoms with Crippen LogP contribution in [0.25, 0.3) is 5.65 Å². The average molecular weight is 403 g/mol. The summed E-state index contributed by atoms with van der Waals surface area (Å²) in [6.45, 7) is 4.14. The molecule has 0 saturated carbocycles. The van der Waals surface area contributed by atoms with E-state index >= 15 is 0 Å². The SMILES string of the molecule is COC(CNC(=O)c1cnn2c(C)c(Cc3cccc(Cl)c3)c(C)nc12)OC. The van der Waals surface area contributed by atoms with Crippen LogP contribution in [0.5, 0.6) is 0 Å². The molecule has 7 nitrogen and oxygen atoms in total. The van der Waals surface area contributed by atoms with Gasteiger partial charge < -0.3 is 14.8 Å². The molecule has 148 valence electrons. The van der Waals surface area contributed by atoms with Gasteiger partial charge in [-0.3, -0.25) is 4.79 Å². The molecule has 1 aromatic carbocycles. The molecule has 0 saturated heterocycles. The number of aryl methyl sites for hydroxylation is 2. The van der Waals surface area contributed by atoms with Crippen LogP contribution in [0.15, 0.2) is 30.5 Å². The number of ether oxygens (including phenoxy) is 2. The van der Waals surface area contributed by atoms with E-state index in [0.717, 1.165) is 22.5 Å². The van der Waals surface area contributed by atoms with Gasteiger partial charge in [0.15, 0.2) is 11.9 Å². The minimum atomic E-state index is -0.508. The maximum absolute atomic E-state index is 12.6. The summed E-state index contributed by atoms with van der Waals surface area (Å²) in [5.74, 6) is -0.275. The molecule has 2 heterocycles. The zero-order valence-electron chi connectivity index (χ0n) is 16.3. The summed E-state index contributed by atoms with van der Waals surface area (Å²) in [5.41, 5.74) is 4.87. The van der Waals surface area contributed by atoms with Crippen LogP contribution in [-0.4, -0.2) is 47.6 Å². The molecule has 0 radical (unpaired) electrons. The second kappa shape index (κ2) is 8.68. The van der Waals surface area contributed by atoms with Gasteiger partial charge in [-0.2, -0.15) is 5.10 Å². The molecule has 0 bridgehead atoms. The topological polar surface area (TPSA) is 77.8 Å². The summed E-state index contributed by atoms with van der Waals surface area (Å²) < 4.78 is 11.9. The number of hydrogen-bond donors (Lipinski definition) is 1. The fourth-order valence-electron chi connectivity index (χ4n) is 3.11. The molecule has 1 N–H and O–H groups in total. The molecule has 1 amide bonds. The average Bonchev–Trinajstić information content (AvgIpc) is 3.09. The Hall–Kier alpha value is -2.48. The number of nitrogens with one attached hydrogen (secondary N) is 1. The highest BCUT2D eigenvalue weighted by Gasteiger charge is 2.19. The fourth-order valence-corrected chi connectivity index (χ4v) is 3.33. The standard InChI is InChI=1S/C20H23ClN4O3/c1-12-16(9-14-6-5-7-15(21)8-14)13(2)25-19(24-12)17(10-23-25)20(26)22-11-18(27-3)28-4/h5-8,10,18H,9,11H2,1-4H3,(H,22,26). The van der Waals surface area contributed by atoms with Crippen molar-refractivity contribution in [2.45, 2.75) is 26.6 Å². The van der Waals surface area contributed by atoms with Gasteiger partial charge in [0.05, 0.1) is 12.7 Å². The van der Waals surface area contributed by atoms with E-state index in [0.29, 0.717) is 22.7 Å². The Morgan fingerprint density at radius 1 is 1.29 bits per heavy atom. The van der Waals surface area contributed by atoms with E-state index in [2.05, 4.69) is 15.4 Å². The molecule has 0 aliphatic heterocycles. The Morgan fingerprint density at radius 2 is 2.04 bits per heavy atom. The predicted molar refractivity (Wildman–Crippen MR) is 107 cm³/mol. The summed E-state index contributed by atoms with van der Waals surface area (Å²) in [4.78, 5) is 17.2. The normalized spacial score (nSPS) is 11.4. The maximum Gasteiger partial charge on any atom is 0.256 e. The minimum Gasteiger partial charge on any atom is -0.354 e. The second-order valence-electron chi connectivity index (χ2n) is 6.47. The number of carbonyl (C=O) groups is 1. The summed E-state index contributed by atoms with van der Waals surface area (Å²) >= 11 is 6.10. The number of amides is 1. The largest absolute Gasteiger partial charge is 0.354 e. The quantitative estimate of drug-likeness (QED) is 0.615. The Balaban J connectivity index is 1.90. The summed E-state index contributed by atoms with van der Waals surface area (Å²) in [7, 11) is 3.04. The van der Waals surface area contributed by atoms with E-state index in [1.165, 1.54) is 20.4 Å². The smallest absolute Gasteiger partial charge is 0.256 e. The molecule has 28 heavy (non-hydrogen) atoms. The first-order chi connectivity index (χ1) is 13.4. The van der Waals surface area contributed by atoms with Crippen molar-refractivity contribution < 1.29 is 14.3 Å². The van der Waals surface area contributed by atoms with Crippen molar-refractivity contribution in [1.29, 1.82) is 0 Å². The maximum atomic E-state index is 12.6. The van der Waals surface area contributed by atoms with E-state index in [1.807, 2.05) is 38.1 Å². The Kier molecular flexibility index (Phi) is 6.28. The molecule has 0 fully saturated rings. The first-order valence-electron chi connectivity index (χ1n) is 8.86. The minimum absolute atomic E-state index is 0.230. The molecule has 0 aliphatic carbocycles. The number of benzene rings is 1. The molecular formula is C20H23ClN4O3. The third kappa shape index (κ3) is 4.16. The van der Waals surface area contributed by atoms with Crippen molar-refractivity contribution in [3.05, 3.63) is 63.6 Å². The predicted octanol–water partition coefficient (Wildman–Crippen LogP) is 2.94. The van der Waals surface area contributed by atoms with E-state index in [9.17, 15) is 4.79 Å². The molecule has 8 heteroatoms. The van der Waals surface area contributed by atoms with Crippen molar-refractivity contribution in [1.82, 2.24) is 19.9 Å². The number of rotatable bonds is 7. The molecule has 3 aromatic rings. The number of methoxy groups -OCH3 is 2. The van der Waals surface area contributed by atoms with Crippen LogP contribution >= 0.6 is 11.6 Å². The van der Waals surface area contributed by atoms with Gasteiger partial charge in [0.25, 0.3) is 5.91 Å². The van der Waals surface area contributed by atoms with E-state index in [1.54, 1.807) is 4.52 Å². The number of hydrogen-bond acceptors (Lipinski definition) is 5. The summed E-state index contributed by atoms with van der Waals surface area (Å²) in [6.07, 6.45) is 1.71. The van der Waals surface area contributed by atoms with Gasteiger partial charge in [-0.15, -0.1) is 0 Å². The number of fused-ring (bicyclic) bond motifs is 1. The molecular weight excluding hydrogens is 380 g/mol. The van der Waals surface area contributed by atoms with Gasteiger partial charge in [-0.05, 0) is 37.1 Å². The highest BCUT2D eigenvalue weighted by Crippen LogP contribution is 2.21. The highest BCUT2D eigenvalue weighted by atomic mass is 35.5. The van der Waals surface area contributed by atoms with Gasteiger partial charge in [-0.1, -0.05) is 23.7 Å². The van der Waals surface area contributed by atoms with Crippen molar-refractivity contribution in [3.8, 4) is 0 Å². The van der Waals surface area contributed by atoms with E-state index < -0.39 is 6.29 Å². The van der Waals surface area contributed by atoms with Crippen LogP contribution in [0.3, 0.4) is 0 Å². The number of aromatic nitrogens is 3. The van der Waals surface area contributed by atoms with Gasteiger partial charge >= 0.3 is 0 Å². The third-order valence-corrected chi connectivity index (χ3v) is 4.91. The van der Waals surface area contributed by atoms with Crippen LogP contribution in [0.2, 0.25) is 5.02 Å². The molecule has 0 spiro atoms. The van der Waals surface area contributed by atoms with Crippen molar-refractivity contribution in [2.75, 3.05) is 20.8 Å².